The van der Waals surface area contributed by atoms with Crippen LogP contribution in [-0.2, 0) is 0 Å². The molecule has 0 atom stereocenters. The summed E-state index contributed by atoms with van der Waals surface area (Å²) in [5.41, 5.74) is 1.68. The predicted molar refractivity (Wildman–Crippen MR) is 63.2 cm³/mol. The van der Waals surface area contributed by atoms with Crippen molar-refractivity contribution in [2.45, 2.75) is 26.8 Å². The van der Waals surface area contributed by atoms with E-state index >= 15 is 0 Å². The van der Waals surface area contributed by atoms with Crippen LogP contribution in [0.25, 0.3) is 0 Å². The van der Waals surface area contributed by atoms with Crippen molar-refractivity contribution in [1.29, 1.82) is 0 Å². The molecule has 0 aromatic heterocycles. The summed E-state index contributed by atoms with van der Waals surface area (Å²) >= 11 is 0. The maximum absolute atomic E-state index is 11.5. The number of nitrogens with one attached hydrogen (secondary N) is 2. The lowest BCUT2D eigenvalue weighted by atomic mass is 10.2. The molecule has 0 saturated heterocycles. The lowest BCUT2D eigenvalue weighted by molar-refractivity contribution is 0.0956. The molecule has 0 saturated carbocycles. The number of anilines is 1. The Morgan fingerprint density at radius 2 is 2.13 bits per heavy atom. The highest BCUT2D eigenvalue weighted by atomic mass is 16.1. The van der Waals surface area contributed by atoms with Crippen LogP contribution < -0.4 is 10.6 Å². The third kappa shape index (κ3) is 3.62. The van der Waals surface area contributed by atoms with Gasteiger partial charge in [-0.2, -0.15) is 0 Å². The fourth-order valence-electron chi connectivity index (χ4n) is 1.35. The van der Waals surface area contributed by atoms with Gasteiger partial charge in [0.25, 0.3) is 5.91 Å². The van der Waals surface area contributed by atoms with Gasteiger partial charge >= 0.3 is 0 Å². The van der Waals surface area contributed by atoms with Crippen LogP contribution in [0.2, 0.25) is 0 Å². The quantitative estimate of drug-likeness (QED) is 0.793. The Morgan fingerprint density at radius 3 is 2.73 bits per heavy atom. The Balaban J connectivity index is 2.78. The summed E-state index contributed by atoms with van der Waals surface area (Å²) in [5, 5.41) is 6.04. The summed E-state index contributed by atoms with van der Waals surface area (Å²) in [6.45, 7) is 6.70. The Labute approximate surface area is 90.9 Å². The van der Waals surface area contributed by atoms with Crippen LogP contribution in [-0.4, -0.2) is 18.5 Å². The number of carbonyl (C=O) groups is 1. The molecule has 0 radical (unpaired) electrons. The molecule has 0 aliphatic heterocycles. The van der Waals surface area contributed by atoms with Gasteiger partial charge in [0, 0.05) is 23.8 Å². The van der Waals surface area contributed by atoms with Gasteiger partial charge < -0.3 is 10.6 Å². The molecule has 0 bridgehead atoms. The third-order valence-corrected chi connectivity index (χ3v) is 1.92. The summed E-state index contributed by atoms with van der Waals surface area (Å²) in [4.78, 5) is 11.5. The van der Waals surface area contributed by atoms with Gasteiger partial charge in [-0.05, 0) is 39.0 Å². The van der Waals surface area contributed by atoms with E-state index in [1.165, 1.54) is 0 Å². The molecule has 0 spiro atoms. The van der Waals surface area contributed by atoms with Gasteiger partial charge in [-0.25, -0.2) is 0 Å². The van der Waals surface area contributed by atoms with Crippen LogP contribution in [0.5, 0.6) is 0 Å². The van der Waals surface area contributed by atoms with E-state index in [4.69, 9.17) is 0 Å². The molecule has 0 fully saturated rings. The average Bonchev–Trinajstić information content (AvgIpc) is 2.17. The molecule has 3 heteroatoms. The molecule has 1 aromatic carbocycles. The zero-order valence-electron chi connectivity index (χ0n) is 9.50. The van der Waals surface area contributed by atoms with E-state index in [2.05, 4.69) is 24.5 Å². The van der Waals surface area contributed by atoms with Crippen molar-refractivity contribution in [1.82, 2.24) is 5.32 Å². The van der Waals surface area contributed by atoms with E-state index in [9.17, 15) is 4.79 Å². The highest BCUT2D eigenvalue weighted by Gasteiger charge is 2.04. The second-order valence-corrected chi connectivity index (χ2v) is 3.74. The van der Waals surface area contributed by atoms with Gasteiger partial charge in [0.15, 0.2) is 0 Å². The molecule has 15 heavy (non-hydrogen) atoms. The minimum Gasteiger partial charge on any atom is -0.383 e. The fourth-order valence-corrected chi connectivity index (χ4v) is 1.35. The van der Waals surface area contributed by atoms with Crippen LogP contribution >= 0.6 is 0 Å². The lowest BCUT2D eigenvalue weighted by Gasteiger charge is -2.11. The van der Waals surface area contributed by atoms with Crippen molar-refractivity contribution in [2.24, 2.45) is 0 Å². The SMILES string of the molecule is CCNC(=O)c1cccc(NC(C)C)c1. The molecule has 1 rings (SSSR count). The lowest BCUT2D eigenvalue weighted by Crippen LogP contribution is -2.22. The molecule has 3 nitrogen and oxygen atoms in total. The predicted octanol–water partition coefficient (Wildman–Crippen LogP) is 2.26. The first-order valence-corrected chi connectivity index (χ1v) is 5.28. The van der Waals surface area contributed by atoms with Crippen LogP contribution in [0.15, 0.2) is 24.3 Å². The maximum atomic E-state index is 11.5. The monoisotopic (exact) mass is 206 g/mol. The fraction of sp³-hybridized carbons (Fsp3) is 0.417. The van der Waals surface area contributed by atoms with Crippen LogP contribution in [0, 0.1) is 0 Å². The van der Waals surface area contributed by atoms with Gasteiger partial charge in [0.05, 0.1) is 0 Å². The topological polar surface area (TPSA) is 41.1 Å². The minimum atomic E-state index is -0.0232. The van der Waals surface area contributed by atoms with Gasteiger partial charge in [0.2, 0.25) is 0 Å². The molecule has 1 aromatic rings. The van der Waals surface area contributed by atoms with Crippen LogP contribution in [0.4, 0.5) is 5.69 Å². The zero-order valence-corrected chi connectivity index (χ0v) is 9.50. The Hall–Kier alpha value is -1.51. The molecule has 1 amide bonds. The number of hydrogen-bond donors (Lipinski definition) is 2. The smallest absolute Gasteiger partial charge is 0.251 e. The molecule has 0 heterocycles. The molecule has 0 aliphatic carbocycles. The van der Waals surface area contributed by atoms with Crippen molar-refractivity contribution < 1.29 is 4.79 Å². The van der Waals surface area contributed by atoms with E-state index in [-0.39, 0.29) is 5.91 Å². The number of carbonyl (C=O) groups excluding carboxylic acids is 1. The maximum Gasteiger partial charge on any atom is 0.251 e. The Morgan fingerprint density at radius 1 is 1.40 bits per heavy atom. The molecule has 0 aliphatic rings. The van der Waals surface area contributed by atoms with Crippen molar-refractivity contribution >= 4 is 11.6 Å². The van der Waals surface area contributed by atoms with E-state index in [1.807, 2.05) is 31.2 Å². The van der Waals surface area contributed by atoms with E-state index < -0.39 is 0 Å². The molecular formula is C12H18N2O. The summed E-state index contributed by atoms with van der Waals surface area (Å²) in [7, 11) is 0. The highest BCUT2D eigenvalue weighted by Crippen LogP contribution is 2.11. The number of rotatable bonds is 4. The van der Waals surface area contributed by atoms with Crippen molar-refractivity contribution in [3.8, 4) is 0 Å². The largest absolute Gasteiger partial charge is 0.383 e. The summed E-state index contributed by atoms with van der Waals surface area (Å²) in [6.07, 6.45) is 0. The first-order chi connectivity index (χ1) is 7.13. The Bertz CT molecular complexity index is 334. The molecule has 82 valence electrons. The standard InChI is InChI=1S/C12H18N2O/c1-4-13-12(15)10-6-5-7-11(8-10)14-9(2)3/h5-9,14H,4H2,1-3H3,(H,13,15). The molecule has 0 unspecified atom stereocenters. The van der Waals surface area contributed by atoms with Crippen LogP contribution in [0.3, 0.4) is 0 Å². The van der Waals surface area contributed by atoms with Gasteiger partial charge in [-0.15, -0.1) is 0 Å². The summed E-state index contributed by atoms with van der Waals surface area (Å²) in [6, 6.07) is 7.90. The number of amides is 1. The van der Waals surface area contributed by atoms with Gasteiger partial charge in [-0.1, -0.05) is 6.07 Å². The summed E-state index contributed by atoms with van der Waals surface area (Å²) in [5.74, 6) is -0.0232. The summed E-state index contributed by atoms with van der Waals surface area (Å²) < 4.78 is 0. The zero-order chi connectivity index (χ0) is 11.3. The van der Waals surface area contributed by atoms with E-state index in [1.54, 1.807) is 0 Å². The highest BCUT2D eigenvalue weighted by molar-refractivity contribution is 5.95. The first-order valence-electron chi connectivity index (χ1n) is 5.28. The third-order valence-electron chi connectivity index (χ3n) is 1.92. The van der Waals surface area contributed by atoms with Gasteiger partial charge in [-0.3, -0.25) is 4.79 Å². The number of benzene rings is 1. The van der Waals surface area contributed by atoms with Crippen LogP contribution in [0.1, 0.15) is 31.1 Å². The second-order valence-electron chi connectivity index (χ2n) is 3.74. The average molecular weight is 206 g/mol. The van der Waals surface area contributed by atoms with Gasteiger partial charge in [0.1, 0.15) is 0 Å². The van der Waals surface area contributed by atoms with Crippen molar-refractivity contribution in [2.75, 3.05) is 11.9 Å². The van der Waals surface area contributed by atoms with E-state index in [0.717, 1.165) is 5.69 Å². The molecule has 2 N–H and O–H groups in total. The van der Waals surface area contributed by atoms with E-state index in [0.29, 0.717) is 18.2 Å². The first kappa shape index (κ1) is 11.6. The van der Waals surface area contributed by atoms with Crippen molar-refractivity contribution in [3.05, 3.63) is 29.8 Å². The Kier molecular flexibility index (Phi) is 4.16. The van der Waals surface area contributed by atoms with Crippen molar-refractivity contribution in [3.63, 3.8) is 0 Å². The number of hydrogen-bond acceptors (Lipinski definition) is 2. The second kappa shape index (κ2) is 5.39. The normalized spacial score (nSPS) is 10.1. The molecular weight excluding hydrogens is 188 g/mol. The minimum absolute atomic E-state index is 0.0232.